The van der Waals surface area contributed by atoms with E-state index < -0.39 is 5.91 Å². The number of amides is 1. The number of carbonyl (C=O) groups is 1. The number of nitrogens with zero attached hydrogens (tertiary/aromatic N) is 1. The van der Waals surface area contributed by atoms with Crippen LogP contribution in [-0.2, 0) is 17.9 Å². The molecule has 0 saturated carbocycles. The summed E-state index contributed by atoms with van der Waals surface area (Å²) < 4.78 is 21.0. The van der Waals surface area contributed by atoms with Gasteiger partial charge in [-0.1, -0.05) is 48.5 Å². The van der Waals surface area contributed by atoms with Crippen LogP contribution in [0.3, 0.4) is 0 Å². The number of nitriles is 1. The van der Waals surface area contributed by atoms with Crippen molar-refractivity contribution in [3.63, 3.8) is 0 Å². The van der Waals surface area contributed by atoms with Crippen molar-refractivity contribution >= 4 is 50.5 Å². The van der Waals surface area contributed by atoms with E-state index >= 15 is 0 Å². The van der Waals surface area contributed by atoms with E-state index in [9.17, 15) is 14.4 Å². The molecule has 0 bridgehead atoms. The molecule has 0 spiro atoms. The SMILES string of the molecule is N#C/C(=C/c1cc(Br)c(OCc2ccccc2F)c(I)c1)C(=O)NCc1ccccc1. The fourth-order valence-electron chi connectivity index (χ4n) is 2.75. The smallest absolute Gasteiger partial charge is 0.262 e. The number of carbonyl (C=O) groups excluding carboxylic acids is 1. The van der Waals surface area contributed by atoms with Gasteiger partial charge in [0.1, 0.15) is 29.8 Å². The van der Waals surface area contributed by atoms with Crippen molar-refractivity contribution in [1.82, 2.24) is 5.32 Å². The monoisotopic (exact) mass is 590 g/mol. The molecule has 0 aliphatic carbocycles. The standard InChI is InChI=1S/C24H17BrFIN2O2/c25-20-11-17(10-19(13-28)24(30)29-14-16-6-2-1-3-7-16)12-22(27)23(20)31-15-18-8-4-5-9-21(18)26/h1-12H,14-15H2,(H,29,30)/b19-10-. The van der Waals surface area contributed by atoms with Crippen LogP contribution < -0.4 is 10.1 Å². The topological polar surface area (TPSA) is 62.1 Å². The molecular formula is C24H17BrFIN2O2. The van der Waals surface area contributed by atoms with E-state index in [1.54, 1.807) is 30.3 Å². The second-order valence-electron chi connectivity index (χ2n) is 6.53. The van der Waals surface area contributed by atoms with Gasteiger partial charge in [0.2, 0.25) is 0 Å². The van der Waals surface area contributed by atoms with Crippen LogP contribution in [0.15, 0.2) is 76.8 Å². The zero-order valence-electron chi connectivity index (χ0n) is 16.2. The Kier molecular flexibility index (Phi) is 8.20. The lowest BCUT2D eigenvalue weighted by atomic mass is 10.1. The zero-order chi connectivity index (χ0) is 22.2. The molecule has 1 N–H and O–H groups in total. The molecule has 0 unspecified atom stereocenters. The summed E-state index contributed by atoms with van der Waals surface area (Å²) in [6.07, 6.45) is 1.52. The average molecular weight is 591 g/mol. The third-order valence-corrected chi connectivity index (χ3v) is 5.71. The Bertz CT molecular complexity index is 1140. The van der Waals surface area contributed by atoms with Crippen molar-refractivity contribution < 1.29 is 13.9 Å². The number of benzene rings is 3. The Labute approximate surface area is 202 Å². The van der Waals surface area contributed by atoms with Gasteiger partial charge in [0.15, 0.2) is 0 Å². The summed E-state index contributed by atoms with van der Waals surface area (Å²) in [6, 6.07) is 21.4. The van der Waals surface area contributed by atoms with E-state index in [2.05, 4.69) is 43.8 Å². The van der Waals surface area contributed by atoms with Crippen molar-refractivity contribution in [1.29, 1.82) is 5.26 Å². The quantitative estimate of drug-likeness (QED) is 0.209. The van der Waals surface area contributed by atoms with Gasteiger partial charge in [-0.3, -0.25) is 4.79 Å². The maximum atomic E-state index is 13.8. The number of rotatable bonds is 7. The molecular weight excluding hydrogens is 574 g/mol. The molecule has 0 aliphatic rings. The molecule has 4 nitrogen and oxygen atoms in total. The molecule has 0 aromatic heterocycles. The second kappa shape index (κ2) is 11.1. The van der Waals surface area contributed by atoms with Gasteiger partial charge >= 0.3 is 0 Å². The first-order valence-electron chi connectivity index (χ1n) is 9.27. The van der Waals surface area contributed by atoms with Crippen LogP contribution in [0.25, 0.3) is 6.08 Å². The van der Waals surface area contributed by atoms with Crippen molar-refractivity contribution in [2.45, 2.75) is 13.2 Å². The minimum Gasteiger partial charge on any atom is -0.486 e. The first kappa shape index (κ1) is 23.0. The van der Waals surface area contributed by atoms with Crippen LogP contribution in [-0.4, -0.2) is 5.91 Å². The summed E-state index contributed by atoms with van der Waals surface area (Å²) in [5, 5.41) is 12.2. The van der Waals surface area contributed by atoms with Crippen molar-refractivity contribution in [2.75, 3.05) is 0 Å². The van der Waals surface area contributed by atoms with Gasteiger partial charge in [-0.25, -0.2) is 4.39 Å². The fourth-order valence-corrected chi connectivity index (χ4v) is 4.52. The highest BCUT2D eigenvalue weighted by Gasteiger charge is 2.13. The Morgan fingerprint density at radius 2 is 1.87 bits per heavy atom. The summed E-state index contributed by atoms with van der Waals surface area (Å²) in [5.41, 5.74) is 2.07. The molecule has 3 rings (SSSR count). The summed E-state index contributed by atoms with van der Waals surface area (Å²) in [7, 11) is 0. The first-order valence-corrected chi connectivity index (χ1v) is 11.1. The summed E-state index contributed by atoms with van der Waals surface area (Å²) in [6.45, 7) is 0.421. The molecule has 0 saturated heterocycles. The van der Waals surface area contributed by atoms with Gasteiger partial charge in [-0.05, 0) is 73.9 Å². The van der Waals surface area contributed by atoms with E-state index in [1.807, 2.05) is 36.4 Å². The zero-order valence-corrected chi connectivity index (χ0v) is 20.0. The highest BCUT2D eigenvalue weighted by atomic mass is 127. The van der Waals surface area contributed by atoms with Crippen molar-refractivity contribution in [2.24, 2.45) is 0 Å². The van der Waals surface area contributed by atoms with Crippen molar-refractivity contribution in [3.05, 3.63) is 103 Å². The number of nitrogens with one attached hydrogen (secondary N) is 1. The van der Waals surface area contributed by atoms with Crippen LogP contribution in [0.4, 0.5) is 4.39 Å². The van der Waals surface area contributed by atoms with Crippen molar-refractivity contribution in [3.8, 4) is 11.8 Å². The van der Waals surface area contributed by atoms with E-state index in [0.29, 0.717) is 27.9 Å². The first-order chi connectivity index (χ1) is 15.0. The molecule has 31 heavy (non-hydrogen) atoms. The molecule has 0 radical (unpaired) electrons. The minimum atomic E-state index is -0.447. The van der Waals surface area contributed by atoms with Crippen LogP contribution >= 0.6 is 38.5 Å². The van der Waals surface area contributed by atoms with E-state index in [4.69, 9.17) is 4.74 Å². The fraction of sp³-hybridized carbons (Fsp3) is 0.0833. The second-order valence-corrected chi connectivity index (χ2v) is 8.55. The summed E-state index contributed by atoms with van der Waals surface area (Å²) in [5.74, 6) is -0.209. The van der Waals surface area contributed by atoms with Gasteiger partial charge in [-0.2, -0.15) is 5.26 Å². The largest absolute Gasteiger partial charge is 0.486 e. The lowest BCUT2D eigenvalue weighted by Gasteiger charge is -2.12. The van der Waals surface area contributed by atoms with Gasteiger partial charge < -0.3 is 10.1 Å². The lowest BCUT2D eigenvalue weighted by molar-refractivity contribution is -0.117. The predicted molar refractivity (Wildman–Crippen MR) is 129 cm³/mol. The molecule has 3 aromatic rings. The Balaban J connectivity index is 1.72. The molecule has 0 fully saturated rings. The summed E-state index contributed by atoms with van der Waals surface area (Å²) >= 11 is 5.57. The average Bonchev–Trinajstić information content (AvgIpc) is 2.77. The number of hydrogen-bond donors (Lipinski definition) is 1. The molecule has 7 heteroatoms. The number of ether oxygens (including phenoxy) is 1. The maximum absolute atomic E-state index is 13.8. The Morgan fingerprint density at radius 3 is 2.55 bits per heavy atom. The molecule has 0 heterocycles. The highest BCUT2D eigenvalue weighted by molar-refractivity contribution is 14.1. The van der Waals surface area contributed by atoms with Crippen LogP contribution in [0.2, 0.25) is 0 Å². The van der Waals surface area contributed by atoms with E-state index in [1.165, 1.54) is 12.1 Å². The number of halogens is 3. The molecule has 0 aliphatic heterocycles. The normalized spacial score (nSPS) is 11.0. The van der Waals surface area contributed by atoms with Crippen LogP contribution in [0, 0.1) is 20.7 Å². The predicted octanol–water partition coefficient (Wildman–Crippen LogP) is 6.00. The molecule has 0 atom stereocenters. The highest BCUT2D eigenvalue weighted by Crippen LogP contribution is 2.33. The lowest BCUT2D eigenvalue weighted by Crippen LogP contribution is -2.23. The maximum Gasteiger partial charge on any atom is 0.262 e. The third-order valence-electron chi connectivity index (χ3n) is 4.32. The molecule has 156 valence electrons. The number of hydrogen-bond acceptors (Lipinski definition) is 3. The van der Waals surface area contributed by atoms with E-state index in [-0.39, 0.29) is 18.0 Å². The summed E-state index contributed by atoms with van der Waals surface area (Å²) in [4.78, 5) is 12.4. The van der Waals surface area contributed by atoms with Crippen LogP contribution in [0.1, 0.15) is 16.7 Å². The van der Waals surface area contributed by atoms with Gasteiger partial charge in [-0.15, -0.1) is 0 Å². The van der Waals surface area contributed by atoms with Gasteiger partial charge in [0, 0.05) is 12.1 Å². The molecule has 3 aromatic carbocycles. The third kappa shape index (κ3) is 6.39. The Morgan fingerprint density at radius 1 is 1.16 bits per heavy atom. The van der Waals surface area contributed by atoms with Gasteiger partial charge in [0.25, 0.3) is 5.91 Å². The Hall–Kier alpha value is -2.70. The van der Waals surface area contributed by atoms with E-state index in [0.717, 1.165) is 9.13 Å². The minimum absolute atomic E-state index is 0.00124. The molecule has 1 amide bonds. The van der Waals surface area contributed by atoms with Gasteiger partial charge in [0.05, 0.1) is 8.04 Å². The van der Waals surface area contributed by atoms with Crippen LogP contribution in [0.5, 0.6) is 5.75 Å².